The fourth-order valence-electron chi connectivity index (χ4n) is 1.56. The first-order chi connectivity index (χ1) is 7.62. The Kier molecular flexibility index (Phi) is 4.53. The van der Waals surface area contributed by atoms with E-state index in [0.29, 0.717) is 6.54 Å². The van der Waals surface area contributed by atoms with Crippen molar-refractivity contribution in [3.8, 4) is 0 Å². The molecule has 0 aromatic heterocycles. The third-order valence-corrected chi connectivity index (χ3v) is 3.40. The van der Waals surface area contributed by atoms with Gasteiger partial charge < -0.3 is 5.32 Å². The smallest absolute Gasteiger partial charge is 0.226 e. The minimum atomic E-state index is -0.227. The first kappa shape index (κ1) is 12.8. The van der Waals surface area contributed by atoms with Gasteiger partial charge >= 0.3 is 0 Å². The summed E-state index contributed by atoms with van der Waals surface area (Å²) in [5.74, 6) is 0.154. The molecular formula is C14H21NO. The summed E-state index contributed by atoms with van der Waals surface area (Å²) in [6.45, 7) is 6.76. The lowest BCUT2D eigenvalue weighted by Gasteiger charge is -2.25. The minimum Gasteiger partial charge on any atom is -0.352 e. The van der Waals surface area contributed by atoms with Gasteiger partial charge in [0.25, 0.3) is 0 Å². The molecule has 0 spiro atoms. The molecule has 1 rings (SSSR count). The molecule has 2 nitrogen and oxygen atoms in total. The van der Waals surface area contributed by atoms with E-state index >= 15 is 0 Å². The number of benzene rings is 1. The molecule has 16 heavy (non-hydrogen) atoms. The van der Waals surface area contributed by atoms with Gasteiger partial charge in [0.1, 0.15) is 0 Å². The van der Waals surface area contributed by atoms with E-state index in [1.54, 1.807) is 0 Å². The van der Waals surface area contributed by atoms with E-state index in [9.17, 15) is 4.79 Å². The number of nitrogens with one attached hydrogen (secondary N) is 1. The monoisotopic (exact) mass is 219 g/mol. The van der Waals surface area contributed by atoms with Gasteiger partial charge in [-0.1, -0.05) is 51.1 Å². The molecule has 1 aromatic carbocycles. The lowest BCUT2D eigenvalue weighted by molar-refractivity contribution is -0.130. The van der Waals surface area contributed by atoms with Crippen LogP contribution in [-0.4, -0.2) is 5.91 Å². The van der Waals surface area contributed by atoms with Crippen LogP contribution < -0.4 is 5.32 Å². The Morgan fingerprint density at radius 2 is 1.75 bits per heavy atom. The lowest BCUT2D eigenvalue weighted by Crippen LogP contribution is -2.37. The maximum absolute atomic E-state index is 12.0. The van der Waals surface area contributed by atoms with Crippen molar-refractivity contribution in [3.63, 3.8) is 0 Å². The number of amides is 1. The molecule has 2 heteroatoms. The molecule has 1 amide bonds. The van der Waals surface area contributed by atoms with Crippen LogP contribution in [0.2, 0.25) is 0 Å². The van der Waals surface area contributed by atoms with Crippen LogP contribution in [0.3, 0.4) is 0 Å². The molecule has 1 aromatic rings. The highest BCUT2D eigenvalue weighted by molar-refractivity contribution is 5.82. The Labute approximate surface area is 98.1 Å². The first-order valence-corrected chi connectivity index (χ1v) is 5.94. The summed E-state index contributed by atoms with van der Waals surface area (Å²) in [5.41, 5.74) is 0.916. The van der Waals surface area contributed by atoms with Crippen LogP contribution in [0.15, 0.2) is 30.3 Å². The molecule has 0 atom stereocenters. The van der Waals surface area contributed by atoms with Crippen molar-refractivity contribution in [2.75, 3.05) is 0 Å². The lowest BCUT2D eigenvalue weighted by atomic mass is 9.84. The summed E-state index contributed by atoms with van der Waals surface area (Å²) in [6, 6.07) is 10.00. The molecule has 0 fully saturated rings. The molecule has 0 saturated heterocycles. The van der Waals surface area contributed by atoms with E-state index in [4.69, 9.17) is 0 Å². The third-order valence-electron chi connectivity index (χ3n) is 3.40. The van der Waals surface area contributed by atoms with Crippen molar-refractivity contribution < 1.29 is 4.79 Å². The molecule has 0 radical (unpaired) electrons. The zero-order chi connectivity index (χ0) is 12.0. The molecule has 0 aliphatic rings. The summed E-state index contributed by atoms with van der Waals surface area (Å²) in [7, 11) is 0. The Bertz CT molecular complexity index is 328. The van der Waals surface area contributed by atoms with Crippen LogP contribution in [0.1, 0.15) is 39.2 Å². The highest BCUT2D eigenvalue weighted by Gasteiger charge is 2.28. The summed E-state index contributed by atoms with van der Waals surface area (Å²) in [6.07, 6.45) is 1.76. The van der Waals surface area contributed by atoms with Crippen LogP contribution in [0.5, 0.6) is 0 Å². The van der Waals surface area contributed by atoms with Gasteiger partial charge in [0, 0.05) is 12.0 Å². The van der Waals surface area contributed by atoms with E-state index in [0.717, 1.165) is 18.4 Å². The van der Waals surface area contributed by atoms with Crippen molar-refractivity contribution in [1.82, 2.24) is 5.32 Å². The number of hydrogen-bond donors (Lipinski definition) is 1. The second-order valence-electron chi connectivity index (χ2n) is 4.44. The molecule has 1 N–H and O–H groups in total. The predicted molar refractivity (Wildman–Crippen MR) is 67.0 cm³/mol. The molecule has 0 aliphatic carbocycles. The van der Waals surface area contributed by atoms with E-state index in [1.807, 2.05) is 37.3 Å². The normalized spacial score (nSPS) is 11.2. The number of hydrogen-bond acceptors (Lipinski definition) is 1. The van der Waals surface area contributed by atoms with Crippen molar-refractivity contribution in [2.24, 2.45) is 5.41 Å². The zero-order valence-corrected chi connectivity index (χ0v) is 10.4. The first-order valence-electron chi connectivity index (χ1n) is 5.94. The topological polar surface area (TPSA) is 29.1 Å². The largest absolute Gasteiger partial charge is 0.352 e. The van der Waals surface area contributed by atoms with Gasteiger partial charge in [-0.2, -0.15) is 0 Å². The van der Waals surface area contributed by atoms with Gasteiger partial charge in [0.05, 0.1) is 0 Å². The van der Waals surface area contributed by atoms with Gasteiger partial charge in [0.2, 0.25) is 5.91 Å². The SMILES string of the molecule is CCC(C)(CC)C(=O)NCc1ccccc1. The van der Waals surface area contributed by atoms with Crippen LogP contribution in [-0.2, 0) is 11.3 Å². The van der Waals surface area contributed by atoms with E-state index in [-0.39, 0.29) is 11.3 Å². The number of rotatable bonds is 5. The summed E-state index contributed by atoms with van der Waals surface area (Å²) >= 11 is 0. The Hall–Kier alpha value is -1.31. The standard InChI is InChI=1S/C14H21NO/c1-4-14(3,5-2)13(16)15-11-12-9-7-6-8-10-12/h6-10H,4-5,11H2,1-3H3,(H,15,16). The molecular weight excluding hydrogens is 198 g/mol. The Morgan fingerprint density at radius 1 is 1.19 bits per heavy atom. The maximum atomic E-state index is 12.0. The van der Waals surface area contributed by atoms with Crippen molar-refractivity contribution in [1.29, 1.82) is 0 Å². The number of carbonyl (C=O) groups excluding carboxylic acids is 1. The van der Waals surface area contributed by atoms with Crippen molar-refractivity contribution >= 4 is 5.91 Å². The maximum Gasteiger partial charge on any atom is 0.226 e. The fraction of sp³-hybridized carbons (Fsp3) is 0.500. The van der Waals surface area contributed by atoms with Gasteiger partial charge in [-0.15, -0.1) is 0 Å². The zero-order valence-electron chi connectivity index (χ0n) is 10.4. The van der Waals surface area contributed by atoms with E-state index < -0.39 is 0 Å². The Morgan fingerprint density at radius 3 is 2.25 bits per heavy atom. The Balaban J connectivity index is 2.53. The average Bonchev–Trinajstić information content (AvgIpc) is 2.36. The molecule has 0 heterocycles. The van der Waals surface area contributed by atoms with Crippen LogP contribution in [0.4, 0.5) is 0 Å². The predicted octanol–water partition coefficient (Wildman–Crippen LogP) is 3.13. The second kappa shape index (κ2) is 5.69. The van der Waals surface area contributed by atoms with Gasteiger partial charge in [0.15, 0.2) is 0 Å². The van der Waals surface area contributed by atoms with E-state index in [2.05, 4.69) is 19.2 Å². The van der Waals surface area contributed by atoms with Gasteiger partial charge in [-0.3, -0.25) is 4.79 Å². The molecule has 88 valence electrons. The average molecular weight is 219 g/mol. The van der Waals surface area contributed by atoms with Crippen LogP contribution in [0.25, 0.3) is 0 Å². The van der Waals surface area contributed by atoms with E-state index in [1.165, 1.54) is 0 Å². The molecule has 0 unspecified atom stereocenters. The van der Waals surface area contributed by atoms with Crippen LogP contribution in [0, 0.1) is 5.41 Å². The van der Waals surface area contributed by atoms with Crippen LogP contribution >= 0.6 is 0 Å². The summed E-state index contributed by atoms with van der Waals surface area (Å²) < 4.78 is 0. The highest BCUT2D eigenvalue weighted by atomic mass is 16.2. The van der Waals surface area contributed by atoms with Gasteiger partial charge in [-0.25, -0.2) is 0 Å². The molecule has 0 aliphatic heterocycles. The summed E-state index contributed by atoms with van der Waals surface area (Å²) in [4.78, 5) is 12.0. The quantitative estimate of drug-likeness (QED) is 0.810. The minimum absolute atomic E-state index is 0.154. The van der Waals surface area contributed by atoms with Crippen molar-refractivity contribution in [2.45, 2.75) is 40.2 Å². The highest BCUT2D eigenvalue weighted by Crippen LogP contribution is 2.25. The third kappa shape index (κ3) is 3.09. The number of carbonyl (C=O) groups is 1. The molecule has 0 saturated carbocycles. The van der Waals surface area contributed by atoms with Crippen molar-refractivity contribution in [3.05, 3.63) is 35.9 Å². The molecule has 0 bridgehead atoms. The second-order valence-corrected chi connectivity index (χ2v) is 4.44. The summed E-state index contributed by atoms with van der Waals surface area (Å²) in [5, 5.41) is 3.00. The van der Waals surface area contributed by atoms with Gasteiger partial charge in [-0.05, 0) is 18.4 Å². The fourth-order valence-corrected chi connectivity index (χ4v) is 1.56.